The number of hydrogen-bond donors (Lipinski definition) is 2. The topological polar surface area (TPSA) is 67.4 Å². The highest BCUT2D eigenvalue weighted by atomic mass is 19.4. The Morgan fingerprint density at radius 1 is 1.29 bits per heavy atom. The Morgan fingerprint density at radius 3 is 2.67 bits per heavy atom. The second kappa shape index (κ2) is 7.55. The van der Waals surface area contributed by atoms with Crippen molar-refractivity contribution in [1.82, 2.24) is 10.6 Å². The van der Waals surface area contributed by atoms with Gasteiger partial charge in [-0.15, -0.1) is 0 Å². The maximum absolute atomic E-state index is 13.0. The van der Waals surface area contributed by atoms with Gasteiger partial charge in [0.2, 0.25) is 5.91 Å². The average molecular weight is 344 g/mol. The molecular weight excluding hydrogens is 325 g/mol. The maximum atomic E-state index is 13.0. The summed E-state index contributed by atoms with van der Waals surface area (Å²) in [6.07, 6.45) is -4.49. The number of carbonyl (C=O) groups is 2. The first-order chi connectivity index (χ1) is 11.3. The Bertz CT molecular complexity index is 604. The number of nitrogens with one attached hydrogen (secondary N) is 2. The number of halogens is 3. The van der Waals surface area contributed by atoms with E-state index in [0.717, 1.165) is 6.07 Å². The molecule has 0 spiro atoms. The van der Waals surface area contributed by atoms with Crippen LogP contribution in [0.2, 0.25) is 0 Å². The minimum Gasteiger partial charge on any atom is -0.450 e. The molecule has 1 saturated carbocycles. The molecule has 0 radical (unpaired) electrons. The minimum absolute atomic E-state index is 0.0446. The molecule has 24 heavy (non-hydrogen) atoms. The number of benzene rings is 1. The van der Waals surface area contributed by atoms with E-state index in [4.69, 9.17) is 0 Å². The molecule has 0 heterocycles. The van der Waals surface area contributed by atoms with Crippen LogP contribution in [0.15, 0.2) is 24.3 Å². The van der Waals surface area contributed by atoms with Crippen LogP contribution in [-0.2, 0) is 15.7 Å². The van der Waals surface area contributed by atoms with E-state index >= 15 is 0 Å². The van der Waals surface area contributed by atoms with Crippen LogP contribution in [-0.4, -0.2) is 31.2 Å². The van der Waals surface area contributed by atoms with Gasteiger partial charge in [0, 0.05) is 24.9 Å². The largest absolute Gasteiger partial charge is 0.450 e. The van der Waals surface area contributed by atoms with E-state index in [0.29, 0.717) is 6.42 Å². The van der Waals surface area contributed by atoms with E-state index in [1.807, 2.05) is 0 Å². The van der Waals surface area contributed by atoms with Crippen molar-refractivity contribution in [2.75, 3.05) is 13.2 Å². The lowest BCUT2D eigenvalue weighted by Gasteiger charge is -2.12. The van der Waals surface area contributed by atoms with Crippen molar-refractivity contribution in [2.45, 2.75) is 37.9 Å². The summed E-state index contributed by atoms with van der Waals surface area (Å²) in [5.41, 5.74) is -0.448. The Morgan fingerprint density at radius 2 is 2.00 bits per heavy atom. The predicted molar refractivity (Wildman–Crippen MR) is 80.4 cm³/mol. The summed E-state index contributed by atoms with van der Waals surface area (Å²) in [5.74, 6) is -0.645. The molecular formula is C16H19F3N2O3. The van der Waals surface area contributed by atoms with Crippen molar-refractivity contribution >= 4 is 12.0 Å². The van der Waals surface area contributed by atoms with E-state index in [-0.39, 0.29) is 43.0 Å². The lowest BCUT2D eigenvalue weighted by molar-refractivity contribution is -0.138. The van der Waals surface area contributed by atoms with Crippen LogP contribution in [0.1, 0.15) is 36.8 Å². The van der Waals surface area contributed by atoms with Gasteiger partial charge >= 0.3 is 12.3 Å². The molecule has 1 fully saturated rings. The third-order valence-corrected chi connectivity index (χ3v) is 3.70. The lowest BCUT2D eigenvalue weighted by Crippen LogP contribution is -2.32. The van der Waals surface area contributed by atoms with Crippen LogP contribution >= 0.6 is 0 Å². The molecule has 0 aromatic heterocycles. The average Bonchev–Trinajstić information content (AvgIpc) is 3.25. The Kier molecular flexibility index (Phi) is 5.69. The Labute approximate surface area is 137 Å². The molecule has 132 valence electrons. The quantitative estimate of drug-likeness (QED) is 0.834. The summed E-state index contributed by atoms with van der Waals surface area (Å²) in [4.78, 5) is 22.8. The molecule has 5 nitrogen and oxygen atoms in total. The molecule has 2 N–H and O–H groups in total. The number of amides is 2. The lowest BCUT2D eigenvalue weighted by atomic mass is 10.0. The van der Waals surface area contributed by atoms with E-state index in [1.54, 1.807) is 13.0 Å². The predicted octanol–water partition coefficient (Wildman–Crippen LogP) is 2.81. The smallest absolute Gasteiger partial charge is 0.416 e. The summed E-state index contributed by atoms with van der Waals surface area (Å²) < 4.78 is 43.6. The van der Waals surface area contributed by atoms with Crippen LogP contribution in [0.5, 0.6) is 0 Å². The van der Waals surface area contributed by atoms with Crippen LogP contribution < -0.4 is 10.6 Å². The number of rotatable bonds is 6. The summed E-state index contributed by atoms with van der Waals surface area (Å²) in [7, 11) is 0. The third-order valence-electron chi connectivity index (χ3n) is 3.70. The highest BCUT2D eigenvalue weighted by Crippen LogP contribution is 2.46. The van der Waals surface area contributed by atoms with Crippen LogP contribution in [0.4, 0.5) is 18.0 Å². The molecule has 1 aromatic carbocycles. The van der Waals surface area contributed by atoms with Gasteiger partial charge in [-0.05, 0) is 25.0 Å². The van der Waals surface area contributed by atoms with Gasteiger partial charge in [0.15, 0.2) is 0 Å². The molecule has 1 aromatic rings. The number of carbonyl (C=O) groups excluding carboxylic acids is 2. The van der Waals surface area contributed by atoms with Gasteiger partial charge in [-0.1, -0.05) is 18.2 Å². The van der Waals surface area contributed by atoms with E-state index in [9.17, 15) is 22.8 Å². The molecule has 2 atom stereocenters. The molecule has 2 amide bonds. The Balaban J connectivity index is 1.82. The molecule has 8 heteroatoms. The van der Waals surface area contributed by atoms with Crippen molar-refractivity contribution in [2.24, 2.45) is 0 Å². The van der Waals surface area contributed by atoms with Crippen molar-refractivity contribution in [1.29, 1.82) is 0 Å². The fraction of sp³-hybridized carbons (Fsp3) is 0.500. The fourth-order valence-electron chi connectivity index (χ4n) is 2.52. The fourth-order valence-corrected chi connectivity index (χ4v) is 2.52. The van der Waals surface area contributed by atoms with Gasteiger partial charge in [-0.2, -0.15) is 13.2 Å². The zero-order chi connectivity index (χ0) is 17.7. The molecule has 1 aliphatic rings. The van der Waals surface area contributed by atoms with Crippen molar-refractivity contribution in [3.63, 3.8) is 0 Å². The maximum Gasteiger partial charge on any atom is 0.416 e. The summed E-state index contributed by atoms with van der Waals surface area (Å²) >= 11 is 0. The Hall–Kier alpha value is -2.25. The van der Waals surface area contributed by atoms with Gasteiger partial charge in [-0.25, -0.2) is 4.79 Å². The van der Waals surface area contributed by atoms with Crippen molar-refractivity contribution in [3.8, 4) is 0 Å². The van der Waals surface area contributed by atoms with Gasteiger partial charge in [0.05, 0.1) is 12.2 Å². The molecule has 0 unspecified atom stereocenters. The van der Waals surface area contributed by atoms with E-state index in [1.165, 1.54) is 12.1 Å². The van der Waals surface area contributed by atoms with E-state index in [2.05, 4.69) is 15.4 Å². The van der Waals surface area contributed by atoms with Gasteiger partial charge < -0.3 is 15.4 Å². The summed E-state index contributed by atoms with van der Waals surface area (Å²) in [6, 6.07) is 5.11. The number of alkyl carbamates (subject to hydrolysis) is 1. The standard InChI is InChI=1S/C16H19F3N2O3/c1-2-24-15(23)20-8-7-14(22)21-13-9-11(13)10-5-3-4-6-12(10)16(17,18)19/h3-6,11,13H,2,7-9H2,1H3,(H,20,23)(H,21,22)/t11-,13+/m1/s1. The van der Waals surface area contributed by atoms with Crippen LogP contribution in [0, 0.1) is 0 Å². The van der Waals surface area contributed by atoms with Crippen molar-refractivity contribution in [3.05, 3.63) is 35.4 Å². The molecule has 0 saturated heterocycles. The third kappa shape index (κ3) is 4.87. The monoisotopic (exact) mass is 344 g/mol. The highest BCUT2D eigenvalue weighted by Gasteiger charge is 2.44. The highest BCUT2D eigenvalue weighted by molar-refractivity contribution is 5.78. The molecule has 1 aliphatic carbocycles. The summed E-state index contributed by atoms with van der Waals surface area (Å²) in [6.45, 7) is 2.01. The second-order valence-corrected chi connectivity index (χ2v) is 5.50. The zero-order valence-corrected chi connectivity index (χ0v) is 13.2. The van der Waals surface area contributed by atoms with Crippen LogP contribution in [0.3, 0.4) is 0 Å². The number of hydrogen-bond acceptors (Lipinski definition) is 3. The van der Waals surface area contributed by atoms with E-state index < -0.39 is 17.8 Å². The zero-order valence-electron chi connectivity index (χ0n) is 13.2. The summed E-state index contributed by atoms with van der Waals surface area (Å²) in [5, 5.41) is 5.10. The van der Waals surface area contributed by atoms with Gasteiger partial charge in [0.1, 0.15) is 0 Å². The normalized spacial score (nSPS) is 19.5. The first kappa shape index (κ1) is 18.1. The van der Waals surface area contributed by atoms with Gasteiger partial charge in [0.25, 0.3) is 0 Å². The molecule has 2 rings (SSSR count). The van der Waals surface area contributed by atoms with Crippen molar-refractivity contribution < 1.29 is 27.5 Å². The molecule has 0 aliphatic heterocycles. The second-order valence-electron chi connectivity index (χ2n) is 5.50. The SMILES string of the molecule is CCOC(=O)NCCC(=O)N[C@H]1C[C@@H]1c1ccccc1C(F)(F)F. The minimum atomic E-state index is -4.41. The number of alkyl halides is 3. The first-order valence-electron chi connectivity index (χ1n) is 7.69. The molecule has 0 bridgehead atoms. The number of ether oxygens (including phenoxy) is 1. The van der Waals surface area contributed by atoms with Crippen LogP contribution in [0.25, 0.3) is 0 Å². The van der Waals surface area contributed by atoms with Gasteiger partial charge in [-0.3, -0.25) is 4.79 Å². The first-order valence-corrected chi connectivity index (χ1v) is 7.69.